The molecule has 17 heavy (non-hydrogen) atoms. The number of aromatic nitrogens is 3. The molecule has 0 saturated carbocycles. The van der Waals surface area contributed by atoms with Gasteiger partial charge in [0.1, 0.15) is 0 Å². The van der Waals surface area contributed by atoms with Crippen LogP contribution in [-0.2, 0) is 11.8 Å². The molecule has 8 heteroatoms. The van der Waals surface area contributed by atoms with Gasteiger partial charge in [0.2, 0.25) is 11.9 Å². The van der Waals surface area contributed by atoms with Crippen molar-refractivity contribution >= 4 is 23.6 Å². The van der Waals surface area contributed by atoms with Gasteiger partial charge in [-0.05, 0) is 0 Å². The first kappa shape index (κ1) is 13.3. The van der Waals surface area contributed by atoms with Crippen molar-refractivity contribution in [2.75, 3.05) is 25.1 Å². The number of nitrogen functional groups attached to an aromatic ring is 1. The van der Waals surface area contributed by atoms with Crippen molar-refractivity contribution in [1.82, 2.24) is 19.7 Å². The molecular formula is C9H14N6OS. The van der Waals surface area contributed by atoms with Crippen molar-refractivity contribution in [3.8, 4) is 6.07 Å². The minimum Gasteiger partial charge on any atom is -0.368 e. The Kier molecular flexibility index (Phi) is 4.78. The first-order valence-corrected chi connectivity index (χ1v) is 5.93. The Labute approximate surface area is 104 Å². The summed E-state index contributed by atoms with van der Waals surface area (Å²) in [5.74, 6) is 0.526. The van der Waals surface area contributed by atoms with Crippen molar-refractivity contribution in [3.05, 3.63) is 0 Å². The van der Waals surface area contributed by atoms with Gasteiger partial charge in [0.15, 0.2) is 5.16 Å². The number of rotatable bonds is 5. The first-order valence-electron chi connectivity index (χ1n) is 4.95. The zero-order valence-corrected chi connectivity index (χ0v) is 10.6. The summed E-state index contributed by atoms with van der Waals surface area (Å²) in [5.41, 5.74) is 5.52. The number of carbonyl (C=O) groups is 1. The predicted molar refractivity (Wildman–Crippen MR) is 64.0 cm³/mol. The van der Waals surface area contributed by atoms with E-state index in [4.69, 9.17) is 11.0 Å². The molecule has 1 aromatic heterocycles. The van der Waals surface area contributed by atoms with Crippen molar-refractivity contribution in [2.45, 2.75) is 11.6 Å². The van der Waals surface area contributed by atoms with Crippen LogP contribution in [0.3, 0.4) is 0 Å². The summed E-state index contributed by atoms with van der Waals surface area (Å²) in [6.45, 7) is 0.441. The number of thioether (sulfide) groups is 1. The van der Waals surface area contributed by atoms with Crippen LogP contribution in [0.25, 0.3) is 0 Å². The fraction of sp³-hybridized carbons (Fsp3) is 0.556. The van der Waals surface area contributed by atoms with Gasteiger partial charge >= 0.3 is 0 Å². The Morgan fingerprint density at radius 1 is 1.65 bits per heavy atom. The van der Waals surface area contributed by atoms with Gasteiger partial charge in [-0.1, -0.05) is 11.8 Å². The van der Waals surface area contributed by atoms with Crippen LogP contribution in [0, 0.1) is 11.3 Å². The molecule has 1 heterocycles. The maximum atomic E-state index is 11.6. The van der Waals surface area contributed by atoms with E-state index in [1.54, 1.807) is 18.7 Å². The van der Waals surface area contributed by atoms with Crippen molar-refractivity contribution in [2.24, 2.45) is 7.05 Å². The minimum atomic E-state index is -0.0492. The minimum absolute atomic E-state index is 0.0492. The second-order valence-corrected chi connectivity index (χ2v) is 4.35. The van der Waals surface area contributed by atoms with E-state index in [1.807, 2.05) is 6.07 Å². The van der Waals surface area contributed by atoms with Gasteiger partial charge in [0.05, 0.1) is 18.2 Å². The van der Waals surface area contributed by atoms with Crippen LogP contribution in [-0.4, -0.2) is 44.9 Å². The zero-order valence-electron chi connectivity index (χ0n) is 9.75. The number of nitriles is 1. The maximum Gasteiger partial charge on any atom is 0.232 e. The third-order valence-corrected chi connectivity index (χ3v) is 3.18. The normalized spacial score (nSPS) is 9.94. The Bertz CT molecular complexity index is 437. The molecule has 2 N–H and O–H groups in total. The van der Waals surface area contributed by atoms with Gasteiger partial charge < -0.3 is 10.6 Å². The van der Waals surface area contributed by atoms with Crippen LogP contribution in [0.2, 0.25) is 0 Å². The Morgan fingerprint density at radius 3 is 2.88 bits per heavy atom. The zero-order chi connectivity index (χ0) is 12.8. The molecule has 0 radical (unpaired) electrons. The molecule has 1 rings (SSSR count). The average molecular weight is 254 g/mol. The molecule has 0 aliphatic heterocycles. The summed E-state index contributed by atoms with van der Waals surface area (Å²) in [6, 6.07) is 2.00. The molecule has 0 saturated heterocycles. The quantitative estimate of drug-likeness (QED) is 0.734. The molecule has 1 aromatic rings. The van der Waals surface area contributed by atoms with Gasteiger partial charge in [-0.25, -0.2) is 0 Å². The van der Waals surface area contributed by atoms with E-state index in [9.17, 15) is 4.79 Å². The number of amides is 1. The van der Waals surface area contributed by atoms with E-state index in [0.29, 0.717) is 24.1 Å². The lowest BCUT2D eigenvalue weighted by Gasteiger charge is -2.14. The number of hydrogen-bond donors (Lipinski definition) is 1. The molecule has 0 aromatic carbocycles. The molecule has 0 atom stereocenters. The van der Waals surface area contributed by atoms with Gasteiger partial charge in [-0.15, -0.1) is 10.2 Å². The molecule has 0 unspecified atom stereocenters. The largest absolute Gasteiger partial charge is 0.368 e. The van der Waals surface area contributed by atoms with E-state index in [1.165, 1.54) is 16.7 Å². The van der Waals surface area contributed by atoms with Crippen LogP contribution in [0.1, 0.15) is 6.42 Å². The molecule has 92 valence electrons. The molecule has 7 nitrogen and oxygen atoms in total. The van der Waals surface area contributed by atoms with Gasteiger partial charge in [0, 0.05) is 20.6 Å². The lowest BCUT2D eigenvalue weighted by molar-refractivity contribution is -0.127. The van der Waals surface area contributed by atoms with E-state index in [-0.39, 0.29) is 11.7 Å². The van der Waals surface area contributed by atoms with Crippen LogP contribution >= 0.6 is 11.8 Å². The molecule has 0 aliphatic rings. The second kappa shape index (κ2) is 6.10. The van der Waals surface area contributed by atoms with E-state index in [2.05, 4.69) is 10.2 Å². The van der Waals surface area contributed by atoms with Gasteiger partial charge in [0.25, 0.3) is 0 Å². The molecule has 0 fully saturated rings. The van der Waals surface area contributed by atoms with Crippen LogP contribution in [0.4, 0.5) is 5.95 Å². The number of hydrogen-bond acceptors (Lipinski definition) is 6. The van der Waals surface area contributed by atoms with Crippen LogP contribution in [0.5, 0.6) is 0 Å². The molecule has 0 aliphatic carbocycles. The van der Waals surface area contributed by atoms with Gasteiger partial charge in [-0.3, -0.25) is 9.36 Å². The Hall–Kier alpha value is -1.75. The van der Waals surface area contributed by atoms with Crippen LogP contribution in [0.15, 0.2) is 5.16 Å². The van der Waals surface area contributed by atoms with E-state index in [0.717, 1.165) is 0 Å². The number of carbonyl (C=O) groups excluding carboxylic acids is 1. The number of anilines is 1. The highest BCUT2D eigenvalue weighted by molar-refractivity contribution is 7.99. The highest BCUT2D eigenvalue weighted by Gasteiger charge is 2.12. The Balaban J connectivity index is 2.43. The SMILES string of the molecule is CN(CCC#N)C(=O)CSc1nnc(N)n1C. The molecule has 0 spiro atoms. The van der Waals surface area contributed by atoms with Crippen molar-refractivity contribution in [1.29, 1.82) is 5.26 Å². The summed E-state index contributed by atoms with van der Waals surface area (Å²) in [5, 5.41) is 16.5. The first-order chi connectivity index (χ1) is 8.06. The number of nitrogens with two attached hydrogens (primary N) is 1. The lowest BCUT2D eigenvalue weighted by Crippen LogP contribution is -2.29. The van der Waals surface area contributed by atoms with Crippen molar-refractivity contribution in [3.63, 3.8) is 0 Å². The summed E-state index contributed by atoms with van der Waals surface area (Å²) >= 11 is 1.27. The van der Waals surface area contributed by atoms with E-state index >= 15 is 0 Å². The average Bonchev–Trinajstić information content (AvgIpc) is 2.64. The number of nitrogens with zero attached hydrogens (tertiary/aromatic N) is 5. The highest BCUT2D eigenvalue weighted by Crippen LogP contribution is 2.16. The second-order valence-electron chi connectivity index (χ2n) is 3.41. The third-order valence-electron chi connectivity index (χ3n) is 2.18. The molecule has 0 bridgehead atoms. The summed E-state index contributed by atoms with van der Waals surface area (Å²) in [4.78, 5) is 13.2. The summed E-state index contributed by atoms with van der Waals surface area (Å²) in [7, 11) is 3.41. The molecule has 1 amide bonds. The predicted octanol–water partition coefficient (Wildman–Crippen LogP) is -0.139. The Morgan fingerprint density at radius 2 is 2.35 bits per heavy atom. The molecular weight excluding hydrogens is 240 g/mol. The fourth-order valence-corrected chi connectivity index (χ4v) is 1.89. The monoisotopic (exact) mass is 254 g/mol. The highest BCUT2D eigenvalue weighted by atomic mass is 32.2. The third kappa shape index (κ3) is 3.64. The summed E-state index contributed by atoms with van der Waals surface area (Å²) < 4.78 is 1.62. The topological polar surface area (TPSA) is 101 Å². The van der Waals surface area contributed by atoms with Crippen molar-refractivity contribution < 1.29 is 4.79 Å². The lowest BCUT2D eigenvalue weighted by atomic mass is 10.4. The summed E-state index contributed by atoms with van der Waals surface area (Å²) in [6.07, 6.45) is 0.337. The van der Waals surface area contributed by atoms with Crippen LogP contribution < -0.4 is 5.73 Å². The standard InChI is InChI=1S/C9H14N6OS/c1-14(5-3-4-10)7(16)6-17-9-13-12-8(11)15(9)2/h3,5-6H2,1-2H3,(H2,11,12). The maximum absolute atomic E-state index is 11.6. The smallest absolute Gasteiger partial charge is 0.232 e. The van der Waals surface area contributed by atoms with E-state index < -0.39 is 0 Å². The van der Waals surface area contributed by atoms with Gasteiger partial charge in [-0.2, -0.15) is 5.26 Å². The fourth-order valence-electron chi connectivity index (χ4n) is 1.03.